The molecule has 3 rings (SSSR count). The molecule has 2 N–H and O–H groups in total. The Kier molecular flexibility index (Phi) is 7.91. The molecule has 1 atom stereocenters. The molecule has 2 fully saturated rings. The number of thioether (sulfide) groups is 1. The zero-order chi connectivity index (χ0) is 20.7. The molecule has 2 aliphatic rings. The molecule has 0 radical (unpaired) electrons. The van der Waals surface area contributed by atoms with Crippen LogP contribution in [0.15, 0.2) is 29.3 Å². The van der Waals surface area contributed by atoms with Crippen molar-refractivity contribution in [3.05, 3.63) is 24.3 Å². The molecule has 0 amide bonds. The van der Waals surface area contributed by atoms with Crippen molar-refractivity contribution in [2.75, 3.05) is 69.0 Å². The first-order valence-electron chi connectivity index (χ1n) is 9.94. The molecule has 1 aromatic carbocycles. The van der Waals surface area contributed by atoms with E-state index in [1.165, 1.54) is 0 Å². The number of hydrogen-bond acceptors (Lipinski definition) is 6. The summed E-state index contributed by atoms with van der Waals surface area (Å²) in [6.07, 6.45) is 0.975. The number of guanidine groups is 1. The Morgan fingerprint density at radius 2 is 2.03 bits per heavy atom. The van der Waals surface area contributed by atoms with E-state index in [1.807, 2.05) is 18.2 Å². The Bertz CT molecular complexity index is 797. The normalized spacial score (nSPS) is 21.2. The maximum Gasteiger partial charge on any atom is 0.215 e. The highest BCUT2D eigenvalue weighted by Gasteiger charge is 2.26. The van der Waals surface area contributed by atoms with Gasteiger partial charge in [-0.3, -0.25) is 4.99 Å². The lowest BCUT2D eigenvalue weighted by Crippen LogP contribution is -2.47. The molecular weight excluding hydrogens is 410 g/mol. The number of aliphatic imine (C=N–C) groups is 1. The lowest BCUT2D eigenvalue weighted by atomic mass is 10.2. The highest BCUT2D eigenvalue weighted by Crippen LogP contribution is 2.30. The van der Waals surface area contributed by atoms with Gasteiger partial charge in [-0.05, 0) is 18.6 Å². The summed E-state index contributed by atoms with van der Waals surface area (Å²) in [6.45, 7) is 3.33. The molecule has 1 unspecified atom stereocenters. The van der Waals surface area contributed by atoms with Crippen molar-refractivity contribution in [1.82, 2.24) is 14.9 Å². The van der Waals surface area contributed by atoms with Crippen molar-refractivity contribution in [1.29, 1.82) is 0 Å². The van der Waals surface area contributed by atoms with Crippen molar-refractivity contribution in [2.45, 2.75) is 12.5 Å². The number of sulfonamides is 1. The lowest BCUT2D eigenvalue weighted by Gasteiger charge is -2.26. The van der Waals surface area contributed by atoms with Gasteiger partial charge in [-0.1, -0.05) is 12.1 Å². The van der Waals surface area contributed by atoms with E-state index in [2.05, 4.69) is 26.6 Å². The predicted molar refractivity (Wildman–Crippen MR) is 121 cm³/mol. The van der Waals surface area contributed by atoms with Crippen LogP contribution in [0.2, 0.25) is 0 Å². The van der Waals surface area contributed by atoms with E-state index < -0.39 is 10.0 Å². The largest absolute Gasteiger partial charge is 0.495 e. The Morgan fingerprint density at radius 1 is 1.28 bits per heavy atom. The lowest BCUT2D eigenvalue weighted by molar-refractivity contribution is 0.415. The molecule has 2 heterocycles. The maximum atomic E-state index is 12.5. The third-order valence-corrected chi connectivity index (χ3v) is 8.01. The van der Waals surface area contributed by atoms with E-state index in [-0.39, 0.29) is 11.8 Å². The van der Waals surface area contributed by atoms with Crippen molar-refractivity contribution in [2.24, 2.45) is 4.99 Å². The number of benzene rings is 1. The first kappa shape index (κ1) is 22.0. The number of nitrogens with zero attached hydrogens (tertiary/aromatic N) is 3. The minimum Gasteiger partial charge on any atom is -0.495 e. The summed E-state index contributed by atoms with van der Waals surface area (Å²) >= 11 is 1.80. The van der Waals surface area contributed by atoms with Crippen LogP contribution >= 0.6 is 11.8 Å². The Hall–Kier alpha value is -1.65. The summed E-state index contributed by atoms with van der Waals surface area (Å²) in [7, 11) is 0.180. The topological polar surface area (TPSA) is 86.3 Å². The maximum absolute atomic E-state index is 12.5. The second kappa shape index (κ2) is 10.4. The van der Waals surface area contributed by atoms with Crippen LogP contribution < -0.4 is 20.3 Å². The van der Waals surface area contributed by atoms with Gasteiger partial charge in [0, 0.05) is 57.3 Å². The van der Waals surface area contributed by atoms with Gasteiger partial charge in [0.25, 0.3) is 0 Å². The molecule has 0 spiro atoms. The van der Waals surface area contributed by atoms with Crippen LogP contribution in [-0.2, 0) is 10.0 Å². The Labute approximate surface area is 178 Å². The summed E-state index contributed by atoms with van der Waals surface area (Å²) in [5, 5.41) is 6.57. The number of anilines is 1. The molecule has 0 aromatic heterocycles. The number of hydrogen-bond donors (Lipinski definition) is 2. The van der Waals surface area contributed by atoms with E-state index >= 15 is 0 Å². The third kappa shape index (κ3) is 5.93. The van der Waals surface area contributed by atoms with Crippen LogP contribution in [0.3, 0.4) is 0 Å². The Morgan fingerprint density at radius 3 is 2.76 bits per heavy atom. The SMILES string of the molecule is CN=C(NCCS(=O)(=O)N1CCSCC1)NC1CCN(c2ccccc2OC)C1. The molecule has 2 aliphatic heterocycles. The fourth-order valence-corrected chi connectivity index (χ4v) is 6.12. The molecule has 162 valence electrons. The molecule has 0 bridgehead atoms. The van der Waals surface area contributed by atoms with Gasteiger partial charge in [-0.2, -0.15) is 11.8 Å². The molecule has 2 saturated heterocycles. The fourth-order valence-electron chi connectivity index (χ4n) is 3.63. The number of methoxy groups -OCH3 is 1. The van der Waals surface area contributed by atoms with Gasteiger partial charge in [0.1, 0.15) is 5.75 Å². The first-order valence-corrected chi connectivity index (χ1v) is 12.7. The van der Waals surface area contributed by atoms with Crippen LogP contribution in [0.25, 0.3) is 0 Å². The fraction of sp³-hybridized carbons (Fsp3) is 0.632. The molecule has 1 aromatic rings. The highest BCUT2D eigenvalue weighted by atomic mass is 32.2. The van der Waals surface area contributed by atoms with Crippen LogP contribution in [0.5, 0.6) is 5.75 Å². The minimum atomic E-state index is -3.21. The number of ether oxygens (including phenoxy) is 1. The molecular formula is C19H31N5O3S2. The zero-order valence-electron chi connectivity index (χ0n) is 17.1. The second-order valence-electron chi connectivity index (χ2n) is 7.07. The molecule has 29 heavy (non-hydrogen) atoms. The highest BCUT2D eigenvalue weighted by molar-refractivity contribution is 7.99. The smallest absolute Gasteiger partial charge is 0.215 e. The summed E-state index contributed by atoms with van der Waals surface area (Å²) in [6, 6.07) is 8.26. The van der Waals surface area contributed by atoms with Crippen LogP contribution in [0.4, 0.5) is 5.69 Å². The van der Waals surface area contributed by atoms with Gasteiger partial charge in [0.05, 0.1) is 18.6 Å². The second-order valence-corrected chi connectivity index (χ2v) is 10.4. The average molecular weight is 442 g/mol. The predicted octanol–water partition coefficient (Wildman–Crippen LogP) is 0.818. The quantitative estimate of drug-likeness (QED) is 0.479. The number of rotatable bonds is 7. The Balaban J connectivity index is 1.47. The summed E-state index contributed by atoms with van der Waals surface area (Å²) in [5.74, 6) is 3.34. The summed E-state index contributed by atoms with van der Waals surface area (Å²) < 4.78 is 32.0. The van der Waals surface area contributed by atoms with E-state index in [0.717, 1.165) is 42.5 Å². The van der Waals surface area contributed by atoms with E-state index in [9.17, 15) is 8.42 Å². The standard InChI is InChI=1S/C19H31N5O3S2/c1-20-19(21-8-14-29(25,26)24-10-12-28-13-11-24)22-16-7-9-23(15-16)17-5-3-4-6-18(17)27-2/h3-6,16H,7-15H2,1-2H3,(H2,20,21,22). The minimum absolute atomic E-state index is 0.0797. The van der Waals surface area contributed by atoms with Crippen molar-refractivity contribution >= 4 is 33.4 Å². The molecule has 0 aliphatic carbocycles. The molecule has 8 nitrogen and oxygen atoms in total. The zero-order valence-corrected chi connectivity index (χ0v) is 18.8. The van der Waals surface area contributed by atoms with Gasteiger partial charge in [-0.25, -0.2) is 12.7 Å². The first-order chi connectivity index (χ1) is 14.0. The summed E-state index contributed by atoms with van der Waals surface area (Å²) in [5.41, 5.74) is 1.09. The van der Waals surface area contributed by atoms with Crippen molar-refractivity contribution in [3.8, 4) is 5.75 Å². The average Bonchev–Trinajstić information content (AvgIpc) is 3.22. The van der Waals surface area contributed by atoms with Gasteiger partial charge in [-0.15, -0.1) is 0 Å². The van der Waals surface area contributed by atoms with E-state index in [0.29, 0.717) is 25.6 Å². The number of nitrogens with one attached hydrogen (secondary N) is 2. The van der Waals surface area contributed by atoms with E-state index in [1.54, 1.807) is 30.2 Å². The van der Waals surface area contributed by atoms with Crippen molar-refractivity contribution < 1.29 is 13.2 Å². The van der Waals surface area contributed by atoms with Gasteiger partial charge in [0.2, 0.25) is 10.0 Å². The van der Waals surface area contributed by atoms with E-state index in [4.69, 9.17) is 4.74 Å². The van der Waals surface area contributed by atoms with Gasteiger partial charge in [0.15, 0.2) is 5.96 Å². The van der Waals surface area contributed by atoms with Crippen LogP contribution in [0, 0.1) is 0 Å². The van der Waals surface area contributed by atoms with Crippen LogP contribution in [-0.4, -0.2) is 88.9 Å². The summed E-state index contributed by atoms with van der Waals surface area (Å²) in [4.78, 5) is 6.55. The number of para-hydroxylation sites is 2. The van der Waals surface area contributed by atoms with Gasteiger partial charge >= 0.3 is 0 Å². The molecule has 0 saturated carbocycles. The van der Waals surface area contributed by atoms with Gasteiger partial charge < -0.3 is 20.3 Å². The van der Waals surface area contributed by atoms with Crippen LogP contribution in [0.1, 0.15) is 6.42 Å². The molecule has 10 heteroatoms. The monoisotopic (exact) mass is 441 g/mol. The third-order valence-electron chi connectivity index (χ3n) is 5.19. The van der Waals surface area contributed by atoms with Crippen molar-refractivity contribution in [3.63, 3.8) is 0 Å².